The number of carbonyl (C=O) groups excluding carboxylic acids is 2. The molecule has 0 saturated carbocycles. The molecule has 0 bridgehead atoms. The van der Waals surface area contributed by atoms with Gasteiger partial charge in [-0.3, -0.25) is 14.5 Å². The zero-order valence-electron chi connectivity index (χ0n) is 16.5. The summed E-state index contributed by atoms with van der Waals surface area (Å²) in [6, 6.07) is 17.7. The second-order valence-corrected chi connectivity index (χ2v) is 7.88. The van der Waals surface area contributed by atoms with Crippen molar-refractivity contribution in [1.29, 1.82) is 0 Å². The fourth-order valence-electron chi connectivity index (χ4n) is 4.04. The third-order valence-electron chi connectivity index (χ3n) is 5.93. The Hall–Kier alpha value is -2.86. The van der Waals surface area contributed by atoms with E-state index in [0.717, 1.165) is 44.6 Å². The Morgan fingerprint density at radius 2 is 1.72 bits per heavy atom. The quantitative estimate of drug-likeness (QED) is 0.817. The number of piperidine rings is 1. The number of amides is 2. The summed E-state index contributed by atoms with van der Waals surface area (Å²) < 4.78 is 5.84. The van der Waals surface area contributed by atoms with Crippen LogP contribution >= 0.6 is 0 Å². The predicted molar refractivity (Wildman–Crippen MR) is 110 cm³/mol. The van der Waals surface area contributed by atoms with Crippen molar-refractivity contribution >= 4 is 11.8 Å². The largest absolute Gasteiger partial charge is 0.489 e. The van der Waals surface area contributed by atoms with Gasteiger partial charge in [0.25, 0.3) is 5.91 Å². The minimum Gasteiger partial charge on any atom is -0.489 e. The van der Waals surface area contributed by atoms with Gasteiger partial charge in [0.15, 0.2) is 0 Å². The van der Waals surface area contributed by atoms with Gasteiger partial charge in [0, 0.05) is 30.6 Å². The number of nitrogens with zero attached hydrogens (tertiary/aromatic N) is 2. The van der Waals surface area contributed by atoms with Crippen LogP contribution < -0.4 is 10.5 Å². The minimum absolute atomic E-state index is 0.00249. The first-order valence-corrected chi connectivity index (χ1v) is 10.2. The number of rotatable bonds is 6. The summed E-state index contributed by atoms with van der Waals surface area (Å²) in [6.45, 7) is 3.70. The van der Waals surface area contributed by atoms with Gasteiger partial charge in [0.05, 0.1) is 0 Å². The number of likely N-dealkylation sites (tertiary alicyclic amines) is 2. The molecule has 0 spiro atoms. The first kappa shape index (κ1) is 19.5. The van der Waals surface area contributed by atoms with Gasteiger partial charge in [0.1, 0.15) is 12.4 Å². The molecule has 0 radical (unpaired) electrons. The molecule has 152 valence electrons. The maximum Gasteiger partial charge on any atom is 0.254 e. The van der Waals surface area contributed by atoms with Gasteiger partial charge in [-0.1, -0.05) is 36.4 Å². The molecule has 6 heteroatoms. The number of hydrogen-bond donors (Lipinski definition) is 1. The molecule has 0 atom stereocenters. The molecule has 2 aliphatic rings. The lowest BCUT2D eigenvalue weighted by atomic mass is 9.93. The highest BCUT2D eigenvalue weighted by Crippen LogP contribution is 2.25. The van der Waals surface area contributed by atoms with Gasteiger partial charge in [-0.05, 0) is 49.7 Å². The van der Waals surface area contributed by atoms with E-state index in [0.29, 0.717) is 24.0 Å². The van der Waals surface area contributed by atoms with E-state index in [1.165, 1.54) is 0 Å². The molecule has 29 heavy (non-hydrogen) atoms. The van der Waals surface area contributed by atoms with Crippen LogP contribution in [0.2, 0.25) is 0 Å². The molecule has 2 amide bonds. The van der Waals surface area contributed by atoms with Gasteiger partial charge >= 0.3 is 0 Å². The third-order valence-corrected chi connectivity index (χ3v) is 5.93. The standard InChI is InChI=1S/C23H27N3O3/c24-22(27)18-9-11-25(12-10-18)20-14-26(15-20)23(28)19-7-4-8-21(13-19)29-16-17-5-2-1-3-6-17/h1-8,13,18,20H,9-12,14-16H2,(H2,24,27). The van der Waals surface area contributed by atoms with E-state index in [-0.39, 0.29) is 17.7 Å². The summed E-state index contributed by atoms with van der Waals surface area (Å²) in [4.78, 5) is 28.4. The highest BCUT2D eigenvalue weighted by atomic mass is 16.5. The summed E-state index contributed by atoms with van der Waals surface area (Å²) >= 11 is 0. The zero-order chi connectivity index (χ0) is 20.2. The van der Waals surface area contributed by atoms with Crippen LogP contribution in [-0.2, 0) is 11.4 Å². The van der Waals surface area contributed by atoms with Crippen molar-refractivity contribution in [3.8, 4) is 5.75 Å². The Kier molecular flexibility index (Phi) is 5.81. The average molecular weight is 393 g/mol. The number of benzene rings is 2. The van der Waals surface area contributed by atoms with Crippen LogP contribution in [0.4, 0.5) is 0 Å². The predicted octanol–water partition coefficient (Wildman–Crippen LogP) is 2.29. The van der Waals surface area contributed by atoms with E-state index in [2.05, 4.69) is 4.90 Å². The average Bonchev–Trinajstić information content (AvgIpc) is 2.72. The maximum atomic E-state index is 12.8. The van der Waals surface area contributed by atoms with Crippen LogP contribution in [0.1, 0.15) is 28.8 Å². The minimum atomic E-state index is -0.190. The number of ether oxygens (including phenoxy) is 1. The van der Waals surface area contributed by atoms with E-state index in [1.807, 2.05) is 59.5 Å². The Bertz CT molecular complexity index is 857. The summed E-state index contributed by atoms with van der Waals surface area (Å²) in [5.74, 6) is 0.552. The highest BCUT2D eigenvalue weighted by molar-refractivity contribution is 5.95. The van der Waals surface area contributed by atoms with E-state index in [9.17, 15) is 9.59 Å². The summed E-state index contributed by atoms with van der Waals surface area (Å²) in [6.07, 6.45) is 1.64. The van der Waals surface area contributed by atoms with Gasteiger partial charge in [-0.25, -0.2) is 0 Å². The smallest absolute Gasteiger partial charge is 0.254 e. The molecule has 4 rings (SSSR count). The lowest BCUT2D eigenvalue weighted by molar-refractivity contribution is -0.123. The topological polar surface area (TPSA) is 75.9 Å². The van der Waals surface area contributed by atoms with Crippen molar-refractivity contribution in [2.45, 2.75) is 25.5 Å². The fraction of sp³-hybridized carbons (Fsp3) is 0.391. The summed E-state index contributed by atoms with van der Waals surface area (Å²) in [7, 11) is 0. The molecular formula is C23H27N3O3. The lowest BCUT2D eigenvalue weighted by Gasteiger charge is -2.47. The Balaban J connectivity index is 1.28. The molecule has 0 aliphatic carbocycles. The normalized spacial score (nSPS) is 18.3. The van der Waals surface area contributed by atoms with Gasteiger partial charge in [-0.15, -0.1) is 0 Å². The molecule has 2 aromatic rings. The van der Waals surface area contributed by atoms with Crippen molar-refractivity contribution in [2.24, 2.45) is 11.7 Å². The molecule has 6 nitrogen and oxygen atoms in total. The second kappa shape index (κ2) is 8.66. The van der Waals surface area contributed by atoms with Crippen LogP contribution in [0.25, 0.3) is 0 Å². The number of nitrogens with two attached hydrogens (primary N) is 1. The Labute approximate surface area is 171 Å². The summed E-state index contributed by atoms with van der Waals surface area (Å²) in [5.41, 5.74) is 7.15. The van der Waals surface area contributed by atoms with E-state index >= 15 is 0 Å². The van der Waals surface area contributed by atoms with E-state index in [1.54, 1.807) is 0 Å². The zero-order valence-corrected chi connectivity index (χ0v) is 16.5. The van der Waals surface area contributed by atoms with Gasteiger partial charge < -0.3 is 15.4 Å². The number of carbonyl (C=O) groups is 2. The molecule has 0 unspecified atom stereocenters. The lowest BCUT2D eigenvalue weighted by Crippen LogP contribution is -2.62. The SMILES string of the molecule is NC(=O)C1CCN(C2CN(C(=O)c3cccc(OCc4ccccc4)c3)C2)CC1. The molecule has 2 fully saturated rings. The first-order chi connectivity index (χ1) is 14.1. The summed E-state index contributed by atoms with van der Waals surface area (Å²) in [5, 5.41) is 0. The monoisotopic (exact) mass is 393 g/mol. The highest BCUT2D eigenvalue weighted by Gasteiger charge is 2.37. The maximum absolute atomic E-state index is 12.8. The van der Waals surface area contributed by atoms with Crippen molar-refractivity contribution in [1.82, 2.24) is 9.80 Å². The van der Waals surface area contributed by atoms with Crippen molar-refractivity contribution in [3.63, 3.8) is 0 Å². The molecule has 2 aliphatic heterocycles. The number of hydrogen-bond acceptors (Lipinski definition) is 4. The van der Waals surface area contributed by atoms with E-state index < -0.39 is 0 Å². The molecule has 2 saturated heterocycles. The Morgan fingerprint density at radius 3 is 2.41 bits per heavy atom. The third kappa shape index (κ3) is 4.59. The Morgan fingerprint density at radius 1 is 1.00 bits per heavy atom. The molecule has 2 N–H and O–H groups in total. The van der Waals surface area contributed by atoms with Gasteiger partial charge in [-0.2, -0.15) is 0 Å². The van der Waals surface area contributed by atoms with Crippen LogP contribution in [0.3, 0.4) is 0 Å². The second-order valence-electron chi connectivity index (χ2n) is 7.88. The van der Waals surface area contributed by atoms with Crippen molar-refractivity contribution in [2.75, 3.05) is 26.2 Å². The molecule has 2 heterocycles. The molecule has 2 aromatic carbocycles. The first-order valence-electron chi connectivity index (χ1n) is 10.2. The van der Waals surface area contributed by atoms with Crippen LogP contribution in [-0.4, -0.2) is 53.8 Å². The van der Waals surface area contributed by atoms with Gasteiger partial charge in [0.2, 0.25) is 5.91 Å². The fourth-order valence-corrected chi connectivity index (χ4v) is 4.04. The van der Waals surface area contributed by atoms with Crippen molar-refractivity contribution < 1.29 is 14.3 Å². The van der Waals surface area contributed by atoms with Crippen LogP contribution in [0.15, 0.2) is 54.6 Å². The van der Waals surface area contributed by atoms with Crippen LogP contribution in [0, 0.1) is 5.92 Å². The van der Waals surface area contributed by atoms with Crippen LogP contribution in [0.5, 0.6) is 5.75 Å². The van der Waals surface area contributed by atoms with Crippen molar-refractivity contribution in [3.05, 3.63) is 65.7 Å². The molecular weight excluding hydrogens is 366 g/mol. The van der Waals surface area contributed by atoms with E-state index in [4.69, 9.17) is 10.5 Å². The molecule has 0 aromatic heterocycles. The number of primary amides is 1.